The number of rotatable bonds is 4. The second-order valence-corrected chi connectivity index (χ2v) is 5.23. The van der Waals surface area contributed by atoms with Crippen LogP contribution in [0.1, 0.15) is 52.9 Å². The Labute approximate surface area is 109 Å². The van der Waals surface area contributed by atoms with Gasteiger partial charge in [-0.2, -0.15) is 5.26 Å². The molecule has 0 aliphatic heterocycles. The van der Waals surface area contributed by atoms with Crippen molar-refractivity contribution in [1.82, 2.24) is 0 Å². The average Bonchev–Trinajstić information content (AvgIpc) is 2.37. The highest BCUT2D eigenvalue weighted by Crippen LogP contribution is 2.24. The van der Waals surface area contributed by atoms with Gasteiger partial charge in [-0.3, -0.25) is 4.99 Å². The van der Waals surface area contributed by atoms with Crippen LogP contribution in [0, 0.1) is 16.7 Å². The number of carbonyl (C=O) groups excluding carboxylic acids is 1. The van der Waals surface area contributed by atoms with Crippen molar-refractivity contribution < 1.29 is 9.53 Å². The van der Waals surface area contributed by atoms with Crippen molar-refractivity contribution in [3.8, 4) is 6.07 Å². The molecule has 0 spiro atoms. The van der Waals surface area contributed by atoms with Crippen LogP contribution in [0.2, 0.25) is 0 Å². The van der Waals surface area contributed by atoms with Gasteiger partial charge >= 0.3 is 5.97 Å². The van der Waals surface area contributed by atoms with E-state index in [2.05, 4.69) is 11.1 Å². The minimum Gasteiger partial charge on any atom is -0.461 e. The molecule has 100 valence electrons. The molecule has 0 radical (unpaired) electrons. The van der Waals surface area contributed by atoms with E-state index in [-0.39, 0.29) is 11.8 Å². The van der Waals surface area contributed by atoms with Crippen LogP contribution in [0.5, 0.6) is 0 Å². The van der Waals surface area contributed by atoms with Gasteiger partial charge in [-0.05, 0) is 33.6 Å². The zero-order valence-electron chi connectivity index (χ0n) is 11.5. The molecule has 1 aliphatic rings. The molecule has 1 fully saturated rings. The summed E-state index contributed by atoms with van der Waals surface area (Å²) in [6, 6.07) is 2.31. The third kappa shape index (κ3) is 3.83. The largest absolute Gasteiger partial charge is 0.461 e. The molecule has 0 aromatic carbocycles. The molecule has 0 saturated heterocycles. The first-order chi connectivity index (χ1) is 8.51. The van der Waals surface area contributed by atoms with Gasteiger partial charge in [0.15, 0.2) is 0 Å². The molecular formula is C14H22N2O2. The van der Waals surface area contributed by atoms with Gasteiger partial charge in [-0.15, -0.1) is 0 Å². The molecule has 4 nitrogen and oxygen atoms in total. The Morgan fingerprint density at radius 1 is 1.39 bits per heavy atom. The molecule has 1 rings (SSSR count). The Morgan fingerprint density at radius 2 is 2.00 bits per heavy atom. The number of carbonyl (C=O) groups is 1. The van der Waals surface area contributed by atoms with Crippen LogP contribution in [0.3, 0.4) is 0 Å². The number of ether oxygens (including phenoxy) is 1. The van der Waals surface area contributed by atoms with Gasteiger partial charge in [-0.25, -0.2) is 4.79 Å². The number of nitrogens with zero attached hydrogens (tertiary/aromatic N) is 2. The number of esters is 1. The number of hydrogen-bond acceptors (Lipinski definition) is 4. The molecule has 0 bridgehead atoms. The second kappa shape index (κ2) is 6.53. The first kappa shape index (κ1) is 14.7. The van der Waals surface area contributed by atoms with E-state index in [4.69, 9.17) is 4.74 Å². The Balaban J connectivity index is 2.92. The van der Waals surface area contributed by atoms with Crippen LogP contribution in [-0.2, 0) is 9.53 Å². The lowest BCUT2D eigenvalue weighted by Crippen LogP contribution is -2.33. The Bertz CT molecular complexity index is 360. The highest BCUT2D eigenvalue weighted by Gasteiger charge is 2.32. The molecule has 0 aromatic rings. The molecule has 0 atom stereocenters. The van der Waals surface area contributed by atoms with Crippen molar-refractivity contribution in [3.05, 3.63) is 0 Å². The van der Waals surface area contributed by atoms with E-state index < -0.39 is 11.4 Å². The van der Waals surface area contributed by atoms with E-state index in [0.717, 1.165) is 25.7 Å². The van der Waals surface area contributed by atoms with Gasteiger partial charge in [0.25, 0.3) is 0 Å². The summed E-state index contributed by atoms with van der Waals surface area (Å²) in [5.74, 6) is -0.449. The minimum atomic E-state index is -0.885. The van der Waals surface area contributed by atoms with E-state index in [1.54, 1.807) is 20.8 Å². The average molecular weight is 250 g/mol. The van der Waals surface area contributed by atoms with Crippen LogP contribution in [0.25, 0.3) is 0 Å². The standard InChI is InChI=1S/C14H22N2O2/c1-4-18-13(17)12(14(2,3)10-15)16-11-8-6-5-7-9-11/h11H,4-9H2,1-3H3. The molecule has 18 heavy (non-hydrogen) atoms. The van der Waals surface area contributed by atoms with Crippen molar-refractivity contribution >= 4 is 11.7 Å². The van der Waals surface area contributed by atoms with Crippen LogP contribution >= 0.6 is 0 Å². The van der Waals surface area contributed by atoms with Crippen molar-refractivity contribution in [2.24, 2.45) is 10.4 Å². The number of hydrogen-bond donors (Lipinski definition) is 0. The van der Waals surface area contributed by atoms with Crippen LogP contribution in [-0.4, -0.2) is 24.3 Å². The molecule has 0 aromatic heterocycles. The predicted molar refractivity (Wildman–Crippen MR) is 70.3 cm³/mol. The molecule has 0 N–H and O–H groups in total. The fraction of sp³-hybridized carbons (Fsp3) is 0.786. The fourth-order valence-electron chi connectivity index (χ4n) is 2.11. The van der Waals surface area contributed by atoms with E-state index in [9.17, 15) is 10.1 Å². The quantitative estimate of drug-likeness (QED) is 0.569. The van der Waals surface area contributed by atoms with Crippen LogP contribution in [0.4, 0.5) is 0 Å². The first-order valence-corrected chi connectivity index (χ1v) is 6.68. The van der Waals surface area contributed by atoms with Crippen molar-refractivity contribution in [2.75, 3.05) is 6.61 Å². The van der Waals surface area contributed by atoms with Gasteiger partial charge in [0.05, 0.1) is 18.7 Å². The lowest BCUT2D eigenvalue weighted by Gasteiger charge is -2.23. The Kier molecular flexibility index (Phi) is 5.33. The zero-order chi connectivity index (χ0) is 13.6. The van der Waals surface area contributed by atoms with Crippen molar-refractivity contribution in [3.63, 3.8) is 0 Å². The molecule has 0 amide bonds. The molecule has 1 aliphatic carbocycles. The Morgan fingerprint density at radius 3 is 2.50 bits per heavy atom. The molecule has 0 unspecified atom stereocenters. The summed E-state index contributed by atoms with van der Waals surface area (Å²) in [5.41, 5.74) is -0.609. The van der Waals surface area contributed by atoms with Gasteiger partial charge in [0.1, 0.15) is 11.1 Å². The van der Waals surface area contributed by atoms with E-state index in [1.807, 2.05) is 0 Å². The maximum Gasteiger partial charge on any atom is 0.353 e. The first-order valence-electron chi connectivity index (χ1n) is 6.68. The lowest BCUT2D eigenvalue weighted by atomic mass is 9.88. The van der Waals surface area contributed by atoms with Crippen LogP contribution < -0.4 is 0 Å². The van der Waals surface area contributed by atoms with Gasteiger partial charge in [-0.1, -0.05) is 19.3 Å². The highest BCUT2D eigenvalue weighted by molar-refractivity contribution is 6.39. The smallest absolute Gasteiger partial charge is 0.353 e. The molecule has 1 saturated carbocycles. The Hall–Kier alpha value is -1.37. The number of aliphatic imine (C=N–C) groups is 1. The van der Waals surface area contributed by atoms with E-state index >= 15 is 0 Å². The van der Waals surface area contributed by atoms with E-state index in [0.29, 0.717) is 6.61 Å². The number of nitriles is 1. The maximum absolute atomic E-state index is 11.9. The summed E-state index contributed by atoms with van der Waals surface area (Å²) in [6.07, 6.45) is 5.55. The van der Waals surface area contributed by atoms with Crippen molar-refractivity contribution in [2.45, 2.75) is 58.9 Å². The SMILES string of the molecule is CCOC(=O)C(=NC1CCCCC1)C(C)(C)C#N. The van der Waals surface area contributed by atoms with Crippen molar-refractivity contribution in [1.29, 1.82) is 5.26 Å². The normalized spacial score (nSPS) is 18.2. The third-order valence-corrected chi connectivity index (χ3v) is 3.23. The molecule has 4 heteroatoms. The molecule has 0 heterocycles. The predicted octanol–water partition coefficient (Wildman–Crippen LogP) is 2.87. The topological polar surface area (TPSA) is 62.4 Å². The summed E-state index contributed by atoms with van der Waals surface area (Å²) in [5, 5.41) is 9.17. The highest BCUT2D eigenvalue weighted by atomic mass is 16.5. The molecular weight excluding hydrogens is 228 g/mol. The van der Waals surface area contributed by atoms with E-state index in [1.165, 1.54) is 6.42 Å². The fourth-order valence-corrected chi connectivity index (χ4v) is 2.11. The minimum absolute atomic E-state index is 0.172. The monoisotopic (exact) mass is 250 g/mol. The summed E-state index contributed by atoms with van der Waals surface area (Å²) in [4.78, 5) is 16.4. The maximum atomic E-state index is 11.9. The summed E-state index contributed by atoms with van der Waals surface area (Å²) >= 11 is 0. The third-order valence-electron chi connectivity index (χ3n) is 3.23. The zero-order valence-corrected chi connectivity index (χ0v) is 11.5. The van der Waals surface area contributed by atoms with Gasteiger partial charge in [0.2, 0.25) is 0 Å². The summed E-state index contributed by atoms with van der Waals surface area (Å²) in [7, 11) is 0. The van der Waals surface area contributed by atoms with Crippen LogP contribution in [0.15, 0.2) is 4.99 Å². The van der Waals surface area contributed by atoms with Gasteiger partial charge in [0, 0.05) is 0 Å². The lowest BCUT2D eigenvalue weighted by molar-refractivity contribution is -0.135. The second-order valence-electron chi connectivity index (χ2n) is 5.23. The van der Waals surface area contributed by atoms with Gasteiger partial charge < -0.3 is 4.74 Å². The summed E-state index contributed by atoms with van der Waals surface area (Å²) < 4.78 is 5.01. The summed E-state index contributed by atoms with van der Waals surface area (Å²) in [6.45, 7) is 5.50.